The highest BCUT2D eigenvalue weighted by Gasteiger charge is 2.08. The van der Waals surface area contributed by atoms with E-state index < -0.39 is 6.10 Å². The molecule has 0 aliphatic heterocycles. The summed E-state index contributed by atoms with van der Waals surface area (Å²) in [4.78, 5) is 0. The average Bonchev–Trinajstić information content (AvgIpc) is 2.18. The monoisotopic (exact) mass is 227 g/mol. The summed E-state index contributed by atoms with van der Waals surface area (Å²) in [5.74, 6) is 0. The maximum Gasteiger partial charge on any atom is 0.0914 e. The van der Waals surface area contributed by atoms with Crippen LogP contribution in [0.4, 0.5) is 0 Å². The second-order valence-corrected chi connectivity index (χ2v) is 4.49. The van der Waals surface area contributed by atoms with Gasteiger partial charge in [0.25, 0.3) is 0 Å². The lowest BCUT2D eigenvalue weighted by atomic mass is 10.1. The van der Waals surface area contributed by atoms with Gasteiger partial charge in [-0.25, -0.2) is 0 Å². The van der Waals surface area contributed by atoms with Crippen molar-refractivity contribution in [3.63, 3.8) is 0 Å². The van der Waals surface area contributed by atoms with E-state index in [1.807, 2.05) is 25.1 Å². The first-order valence-electron chi connectivity index (χ1n) is 5.18. The third-order valence-corrected chi connectivity index (χ3v) is 2.71. The molecule has 84 valence electrons. The summed E-state index contributed by atoms with van der Waals surface area (Å²) in [5, 5.41) is 13.8. The van der Waals surface area contributed by atoms with Crippen molar-refractivity contribution in [3.8, 4) is 0 Å². The summed E-state index contributed by atoms with van der Waals surface area (Å²) < 4.78 is 0. The lowest BCUT2D eigenvalue weighted by Crippen LogP contribution is -2.27. The molecule has 0 aromatic heterocycles. The molecule has 1 aromatic rings. The lowest BCUT2D eigenvalue weighted by Gasteiger charge is -2.15. The second-order valence-electron chi connectivity index (χ2n) is 4.09. The fourth-order valence-electron chi connectivity index (χ4n) is 1.34. The smallest absolute Gasteiger partial charge is 0.0914 e. The molecule has 0 bridgehead atoms. The largest absolute Gasteiger partial charge is 0.387 e. The SMILES string of the molecule is Cc1cc(C(O)CNC(C)C)ccc1Cl. The molecular weight excluding hydrogens is 210 g/mol. The Labute approximate surface area is 96.3 Å². The highest BCUT2D eigenvalue weighted by Crippen LogP contribution is 2.20. The van der Waals surface area contributed by atoms with Crippen LogP contribution in [0, 0.1) is 6.92 Å². The first-order valence-corrected chi connectivity index (χ1v) is 5.56. The summed E-state index contributed by atoms with van der Waals surface area (Å²) in [6.45, 7) is 6.62. The summed E-state index contributed by atoms with van der Waals surface area (Å²) in [6, 6.07) is 6.00. The van der Waals surface area contributed by atoms with Crippen molar-refractivity contribution in [2.75, 3.05) is 6.54 Å². The van der Waals surface area contributed by atoms with Crippen LogP contribution in [-0.4, -0.2) is 17.7 Å². The van der Waals surface area contributed by atoms with Gasteiger partial charge in [0, 0.05) is 17.6 Å². The molecule has 1 aromatic carbocycles. The van der Waals surface area contributed by atoms with Crippen LogP contribution in [-0.2, 0) is 0 Å². The summed E-state index contributed by atoms with van der Waals surface area (Å²) in [6.07, 6.45) is -0.469. The fourth-order valence-corrected chi connectivity index (χ4v) is 1.46. The molecule has 0 saturated carbocycles. The van der Waals surface area contributed by atoms with Gasteiger partial charge in [0.1, 0.15) is 0 Å². The van der Waals surface area contributed by atoms with Crippen molar-refractivity contribution in [2.45, 2.75) is 32.9 Å². The Morgan fingerprint density at radius 1 is 1.40 bits per heavy atom. The molecule has 0 heterocycles. The van der Waals surface area contributed by atoms with E-state index in [0.717, 1.165) is 16.1 Å². The third kappa shape index (κ3) is 3.82. The Morgan fingerprint density at radius 3 is 2.60 bits per heavy atom. The Hall–Kier alpha value is -0.570. The minimum atomic E-state index is -0.469. The van der Waals surface area contributed by atoms with E-state index in [0.29, 0.717) is 12.6 Å². The van der Waals surface area contributed by atoms with E-state index in [1.165, 1.54) is 0 Å². The summed E-state index contributed by atoms with van der Waals surface area (Å²) in [5.41, 5.74) is 1.91. The Bertz CT molecular complexity index is 325. The Morgan fingerprint density at radius 2 is 2.07 bits per heavy atom. The number of hydrogen-bond acceptors (Lipinski definition) is 2. The molecule has 0 radical (unpaired) electrons. The van der Waals surface area contributed by atoms with Crippen molar-refractivity contribution in [3.05, 3.63) is 34.3 Å². The van der Waals surface area contributed by atoms with Gasteiger partial charge in [-0.1, -0.05) is 37.6 Å². The van der Waals surface area contributed by atoms with Crippen LogP contribution in [0.3, 0.4) is 0 Å². The van der Waals surface area contributed by atoms with Gasteiger partial charge in [-0.3, -0.25) is 0 Å². The Kier molecular flexibility index (Phi) is 4.58. The number of hydrogen-bond donors (Lipinski definition) is 2. The van der Waals surface area contributed by atoms with Gasteiger partial charge in [-0.05, 0) is 24.1 Å². The van der Waals surface area contributed by atoms with Crippen molar-refractivity contribution in [1.29, 1.82) is 0 Å². The molecule has 1 atom stereocenters. The standard InChI is InChI=1S/C12H18ClNO/c1-8(2)14-7-12(15)10-4-5-11(13)9(3)6-10/h4-6,8,12,14-15H,7H2,1-3H3. The molecule has 1 unspecified atom stereocenters. The molecular formula is C12H18ClNO. The van der Waals surface area contributed by atoms with E-state index in [4.69, 9.17) is 11.6 Å². The molecule has 0 aliphatic carbocycles. The van der Waals surface area contributed by atoms with Gasteiger partial charge >= 0.3 is 0 Å². The predicted molar refractivity (Wildman–Crippen MR) is 64.3 cm³/mol. The van der Waals surface area contributed by atoms with Crippen LogP contribution in [0.2, 0.25) is 5.02 Å². The zero-order chi connectivity index (χ0) is 11.4. The van der Waals surface area contributed by atoms with E-state index in [-0.39, 0.29) is 0 Å². The van der Waals surface area contributed by atoms with Crippen LogP contribution in [0.1, 0.15) is 31.1 Å². The summed E-state index contributed by atoms with van der Waals surface area (Å²) in [7, 11) is 0. The molecule has 2 N–H and O–H groups in total. The first kappa shape index (κ1) is 12.5. The molecule has 0 spiro atoms. The van der Waals surface area contributed by atoms with Gasteiger partial charge in [-0.15, -0.1) is 0 Å². The molecule has 0 aliphatic rings. The second kappa shape index (κ2) is 5.50. The van der Waals surface area contributed by atoms with Crippen molar-refractivity contribution in [2.24, 2.45) is 0 Å². The maximum atomic E-state index is 9.88. The minimum absolute atomic E-state index is 0.382. The van der Waals surface area contributed by atoms with Gasteiger partial charge in [0.05, 0.1) is 6.10 Å². The number of nitrogens with one attached hydrogen (secondary N) is 1. The number of aryl methyl sites for hydroxylation is 1. The van der Waals surface area contributed by atoms with Gasteiger partial charge in [0.2, 0.25) is 0 Å². The highest BCUT2D eigenvalue weighted by molar-refractivity contribution is 6.31. The normalized spacial score (nSPS) is 13.2. The van der Waals surface area contributed by atoms with Crippen molar-refractivity contribution in [1.82, 2.24) is 5.32 Å². The third-order valence-electron chi connectivity index (χ3n) is 2.29. The minimum Gasteiger partial charge on any atom is -0.387 e. The summed E-state index contributed by atoms with van der Waals surface area (Å²) >= 11 is 5.92. The molecule has 0 fully saturated rings. The lowest BCUT2D eigenvalue weighted by molar-refractivity contribution is 0.171. The number of aliphatic hydroxyl groups is 1. The van der Waals surface area contributed by atoms with E-state index in [2.05, 4.69) is 19.2 Å². The van der Waals surface area contributed by atoms with Crippen LogP contribution in [0.15, 0.2) is 18.2 Å². The zero-order valence-electron chi connectivity index (χ0n) is 9.42. The number of benzene rings is 1. The molecule has 3 heteroatoms. The molecule has 0 amide bonds. The average molecular weight is 228 g/mol. The van der Waals surface area contributed by atoms with Crippen LogP contribution in [0.5, 0.6) is 0 Å². The van der Waals surface area contributed by atoms with Gasteiger partial charge in [0.15, 0.2) is 0 Å². The zero-order valence-corrected chi connectivity index (χ0v) is 10.2. The molecule has 15 heavy (non-hydrogen) atoms. The highest BCUT2D eigenvalue weighted by atomic mass is 35.5. The van der Waals surface area contributed by atoms with E-state index >= 15 is 0 Å². The van der Waals surface area contributed by atoms with Crippen LogP contribution < -0.4 is 5.32 Å². The van der Waals surface area contributed by atoms with Crippen molar-refractivity contribution < 1.29 is 5.11 Å². The van der Waals surface area contributed by atoms with E-state index in [1.54, 1.807) is 0 Å². The first-order chi connectivity index (χ1) is 7.00. The molecule has 1 rings (SSSR count). The topological polar surface area (TPSA) is 32.3 Å². The van der Waals surface area contributed by atoms with Crippen LogP contribution >= 0.6 is 11.6 Å². The quantitative estimate of drug-likeness (QED) is 0.829. The number of aliphatic hydroxyl groups excluding tert-OH is 1. The van der Waals surface area contributed by atoms with E-state index in [9.17, 15) is 5.11 Å². The number of halogens is 1. The molecule has 2 nitrogen and oxygen atoms in total. The maximum absolute atomic E-state index is 9.88. The predicted octanol–water partition coefficient (Wildman–Crippen LogP) is 2.68. The van der Waals surface area contributed by atoms with Crippen LogP contribution in [0.25, 0.3) is 0 Å². The molecule has 0 saturated heterocycles. The number of rotatable bonds is 4. The fraction of sp³-hybridized carbons (Fsp3) is 0.500. The van der Waals surface area contributed by atoms with Gasteiger partial charge < -0.3 is 10.4 Å². The van der Waals surface area contributed by atoms with Gasteiger partial charge in [-0.2, -0.15) is 0 Å². The Balaban J connectivity index is 2.65. The van der Waals surface area contributed by atoms with Crippen molar-refractivity contribution >= 4 is 11.6 Å².